The number of hydrogen-bond acceptors (Lipinski definition) is 4. The second-order valence-electron chi connectivity index (χ2n) is 6.68. The molecule has 1 aromatic heterocycles. The van der Waals surface area contributed by atoms with E-state index in [1.54, 1.807) is 19.2 Å². The number of amides is 1. The minimum absolute atomic E-state index is 0.0227. The smallest absolute Gasteiger partial charge is 0.257 e. The number of carbonyl (C=O) groups excluding carboxylic acids is 2. The number of ether oxygens (including phenoxy) is 1. The Morgan fingerprint density at radius 2 is 1.77 bits per heavy atom. The predicted molar refractivity (Wildman–Crippen MR) is 99.9 cm³/mol. The van der Waals surface area contributed by atoms with Gasteiger partial charge in [0.25, 0.3) is 5.91 Å². The van der Waals surface area contributed by atoms with Gasteiger partial charge in [-0.15, -0.1) is 0 Å². The molecule has 0 spiro atoms. The molecular weight excluding hydrogens is 330 g/mol. The molecule has 1 N–H and O–H groups in total. The number of aromatic amines is 1. The molecular formula is C20H25N3O3. The Morgan fingerprint density at radius 1 is 1.08 bits per heavy atom. The van der Waals surface area contributed by atoms with Gasteiger partial charge >= 0.3 is 0 Å². The molecule has 1 fully saturated rings. The van der Waals surface area contributed by atoms with E-state index in [1.807, 2.05) is 36.9 Å². The zero-order valence-corrected chi connectivity index (χ0v) is 15.5. The largest absolute Gasteiger partial charge is 0.496 e. The number of hydrogen-bond donors (Lipinski definition) is 1. The van der Waals surface area contributed by atoms with Gasteiger partial charge < -0.3 is 14.6 Å². The van der Waals surface area contributed by atoms with E-state index in [-0.39, 0.29) is 11.7 Å². The standard InChI is InChI=1S/C20H25N3O3/c1-14-12-17(15(2)21-14)18(24)13-22-8-10-23(11-9-22)20(25)16-6-4-5-7-19(16)26-3/h4-7,12,21H,8-11,13H2,1-3H3. The van der Waals surface area contributed by atoms with Crippen LogP contribution >= 0.6 is 0 Å². The van der Waals surface area contributed by atoms with Crippen LogP contribution in [-0.2, 0) is 0 Å². The molecule has 0 bridgehead atoms. The first kappa shape index (κ1) is 18.2. The van der Waals surface area contributed by atoms with Crippen molar-refractivity contribution in [3.63, 3.8) is 0 Å². The summed E-state index contributed by atoms with van der Waals surface area (Å²) in [6.45, 7) is 6.85. The van der Waals surface area contributed by atoms with Crippen molar-refractivity contribution in [2.24, 2.45) is 0 Å². The van der Waals surface area contributed by atoms with Gasteiger partial charge in [0.1, 0.15) is 5.75 Å². The fourth-order valence-corrected chi connectivity index (χ4v) is 3.40. The Kier molecular flexibility index (Phi) is 5.42. The first-order valence-corrected chi connectivity index (χ1v) is 8.83. The Bertz CT molecular complexity index is 804. The summed E-state index contributed by atoms with van der Waals surface area (Å²) in [5, 5.41) is 0. The predicted octanol–water partition coefficient (Wildman–Crippen LogP) is 2.28. The number of methoxy groups -OCH3 is 1. The van der Waals surface area contributed by atoms with Crippen molar-refractivity contribution in [2.45, 2.75) is 13.8 Å². The van der Waals surface area contributed by atoms with Crippen LogP contribution in [-0.4, -0.2) is 66.3 Å². The van der Waals surface area contributed by atoms with Crippen molar-refractivity contribution in [1.29, 1.82) is 0 Å². The average molecular weight is 355 g/mol. The minimum atomic E-state index is -0.0227. The molecule has 6 nitrogen and oxygen atoms in total. The lowest BCUT2D eigenvalue weighted by molar-refractivity contribution is 0.0621. The maximum atomic E-state index is 12.7. The van der Waals surface area contributed by atoms with Crippen LogP contribution in [0.25, 0.3) is 0 Å². The summed E-state index contributed by atoms with van der Waals surface area (Å²) in [6.07, 6.45) is 0. The first-order valence-electron chi connectivity index (χ1n) is 8.83. The van der Waals surface area contributed by atoms with Crippen LogP contribution < -0.4 is 4.74 Å². The Morgan fingerprint density at radius 3 is 2.38 bits per heavy atom. The number of ketones is 1. The maximum absolute atomic E-state index is 12.7. The summed E-state index contributed by atoms with van der Waals surface area (Å²) in [4.78, 5) is 32.3. The summed E-state index contributed by atoms with van der Waals surface area (Å²) >= 11 is 0. The highest BCUT2D eigenvalue weighted by Gasteiger charge is 2.25. The molecule has 6 heteroatoms. The maximum Gasteiger partial charge on any atom is 0.257 e. The van der Waals surface area contributed by atoms with Gasteiger partial charge in [-0.3, -0.25) is 14.5 Å². The number of nitrogens with zero attached hydrogens (tertiary/aromatic N) is 2. The quantitative estimate of drug-likeness (QED) is 0.836. The van der Waals surface area contributed by atoms with Crippen LogP contribution in [0.15, 0.2) is 30.3 Å². The number of piperazine rings is 1. The fraction of sp³-hybridized carbons (Fsp3) is 0.400. The molecule has 1 amide bonds. The molecule has 0 aliphatic carbocycles. The monoisotopic (exact) mass is 355 g/mol. The summed E-state index contributed by atoms with van der Waals surface area (Å²) in [7, 11) is 1.57. The Balaban J connectivity index is 1.58. The average Bonchev–Trinajstić information content (AvgIpc) is 3.00. The third-order valence-electron chi connectivity index (χ3n) is 4.81. The van der Waals surface area contributed by atoms with Crippen LogP contribution in [0.2, 0.25) is 0 Å². The molecule has 138 valence electrons. The molecule has 1 aliphatic heterocycles. The summed E-state index contributed by atoms with van der Waals surface area (Å²) in [5.41, 5.74) is 3.25. The third kappa shape index (κ3) is 3.80. The third-order valence-corrected chi connectivity index (χ3v) is 4.81. The summed E-state index contributed by atoms with van der Waals surface area (Å²) < 4.78 is 5.29. The molecule has 2 heterocycles. The van der Waals surface area contributed by atoms with Gasteiger partial charge in [-0.25, -0.2) is 0 Å². The second-order valence-corrected chi connectivity index (χ2v) is 6.68. The highest BCUT2D eigenvalue weighted by atomic mass is 16.5. The van der Waals surface area contributed by atoms with Crippen LogP contribution in [0.3, 0.4) is 0 Å². The highest BCUT2D eigenvalue weighted by molar-refractivity contribution is 5.99. The highest BCUT2D eigenvalue weighted by Crippen LogP contribution is 2.20. The van der Waals surface area contributed by atoms with E-state index in [0.717, 1.165) is 17.0 Å². The molecule has 26 heavy (non-hydrogen) atoms. The molecule has 2 aromatic rings. The number of aromatic nitrogens is 1. The van der Waals surface area contributed by atoms with Gasteiger partial charge in [0.05, 0.1) is 19.2 Å². The van der Waals surface area contributed by atoms with Gasteiger partial charge in [0, 0.05) is 43.1 Å². The lowest BCUT2D eigenvalue weighted by atomic mass is 10.1. The minimum Gasteiger partial charge on any atom is -0.496 e. The number of Topliss-reactive ketones (excluding diaryl/α,β-unsaturated/α-hetero) is 1. The fourth-order valence-electron chi connectivity index (χ4n) is 3.40. The van der Waals surface area contributed by atoms with Crippen LogP contribution in [0.4, 0.5) is 0 Å². The van der Waals surface area contributed by atoms with E-state index in [4.69, 9.17) is 4.74 Å². The number of aryl methyl sites for hydroxylation is 2. The van der Waals surface area contributed by atoms with Crippen molar-refractivity contribution in [1.82, 2.24) is 14.8 Å². The van der Waals surface area contributed by atoms with Crippen LogP contribution in [0.1, 0.15) is 32.1 Å². The second kappa shape index (κ2) is 7.74. The topological polar surface area (TPSA) is 65.6 Å². The molecule has 1 saturated heterocycles. The number of nitrogens with one attached hydrogen (secondary N) is 1. The SMILES string of the molecule is COc1ccccc1C(=O)N1CCN(CC(=O)c2cc(C)[nH]c2C)CC1. The zero-order chi connectivity index (χ0) is 18.7. The van der Waals surface area contributed by atoms with Crippen LogP contribution in [0, 0.1) is 13.8 Å². The molecule has 1 aromatic carbocycles. The van der Waals surface area contributed by atoms with Gasteiger partial charge in [0.2, 0.25) is 0 Å². The van der Waals surface area contributed by atoms with Crippen molar-refractivity contribution in [2.75, 3.05) is 39.8 Å². The Labute approximate surface area is 153 Å². The van der Waals surface area contributed by atoms with Gasteiger partial charge in [-0.05, 0) is 32.0 Å². The van der Waals surface area contributed by atoms with Gasteiger partial charge in [-0.2, -0.15) is 0 Å². The van der Waals surface area contributed by atoms with Crippen molar-refractivity contribution < 1.29 is 14.3 Å². The summed E-state index contributed by atoms with van der Waals surface area (Å²) in [6, 6.07) is 9.17. The van der Waals surface area contributed by atoms with Gasteiger partial charge in [-0.1, -0.05) is 12.1 Å². The molecule has 1 aliphatic rings. The number of rotatable bonds is 5. The number of H-pyrrole nitrogens is 1. The molecule has 0 atom stereocenters. The Hall–Kier alpha value is -2.60. The lowest BCUT2D eigenvalue weighted by Gasteiger charge is -2.34. The van der Waals surface area contributed by atoms with E-state index < -0.39 is 0 Å². The van der Waals surface area contributed by atoms with E-state index in [2.05, 4.69) is 9.88 Å². The molecule has 3 rings (SSSR count). The van der Waals surface area contributed by atoms with Crippen molar-refractivity contribution in [3.8, 4) is 5.75 Å². The van der Waals surface area contributed by atoms with Crippen molar-refractivity contribution in [3.05, 3.63) is 52.8 Å². The molecule has 0 unspecified atom stereocenters. The molecule has 0 radical (unpaired) electrons. The van der Waals surface area contributed by atoms with Crippen molar-refractivity contribution >= 4 is 11.7 Å². The van der Waals surface area contributed by atoms with E-state index in [9.17, 15) is 9.59 Å². The number of carbonyl (C=O) groups is 2. The van der Waals surface area contributed by atoms with Gasteiger partial charge in [0.15, 0.2) is 5.78 Å². The lowest BCUT2D eigenvalue weighted by Crippen LogP contribution is -2.50. The zero-order valence-electron chi connectivity index (χ0n) is 15.5. The summed E-state index contributed by atoms with van der Waals surface area (Å²) in [5.74, 6) is 0.690. The molecule has 0 saturated carbocycles. The van der Waals surface area contributed by atoms with E-state index >= 15 is 0 Å². The number of benzene rings is 1. The first-order chi connectivity index (χ1) is 12.5. The number of para-hydroxylation sites is 1. The normalized spacial score (nSPS) is 15.1. The van der Waals surface area contributed by atoms with E-state index in [0.29, 0.717) is 44.0 Å². The van der Waals surface area contributed by atoms with E-state index in [1.165, 1.54) is 0 Å². The van der Waals surface area contributed by atoms with Crippen LogP contribution in [0.5, 0.6) is 5.75 Å².